The van der Waals surface area contributed by atoms with E-state index in [1.54, 1.807) is 0 Å². The van der Waals surface area contributed by atoms with Gasteiger partial charge < -0.3 is 9.64 Å². The average Bonchev–Trinajstić information content (AvgIpc) is 2.48. The number of amides is 1. The maximum atomic E-state index is 12.4. The van der Waals surface area contributed by atoms with Crippen molar-refractivity contribution in [2.45, 2.75) is 56.6 Å². The monoisotopic (exact) mass is 271 g/mol. The van der Waals surface area contributed by atoms with Crippen molar-refractivity contribution >= 4 is 6.09 Å². The highest BCUT2D eigenvalue weighted by Gasteiger charge is 2.47. The molecule has 3 aliphatic rings. The standard InChI is InChI=1S/C17H21NO2/c19-16-18-11-8-13-6-2-3-7-14(13)15(18)12-17(20-16)9-4-1-5-10-17/h2-3,6-7,15H,1,4-5,8-12H2. The fourth-order valence-corrected chi connectivity index (χ4v) is 4.23. The van der Waals surface area contributed by atoms with Gasteiger partial charge in [-0.15, -0.1) is 0 Å². The number of fused-ring (bicyclic) bond motifs is 3. The molecular weight excluding hydrogens is 250 g/mol. The molecule has 3 nitrogen and oxygen atoms in total. The van der Waals surface area contributed by atoms with Crippen molar-refractivity contribution < 1.29 is 9.53 Å². The molecule has 106 valence electrons. The SMILES string of the molecule is O=C1OC2(CCCCC2)CC2c3ccccc3CCN12. The molecule has 0 bridgehead atoms. The van der Waals surface area contributed by atoms with Gasteiger partial charge in [-0.05, 0) is 43.2 Å². The van der Waals surface area contributed by atoms with Crippen LogP contribution in [0.2, 0.25) is 0 Å². The lowest BCUT2D eigenvalue weighted by atomic mass is 9.76. The maximum Gasteiger partial charge on any atom is 0.410 e. The molecule has 2 fully saturated rings. The fourth-order valence-electron chi connectivity index (χ4n) is 4.23. The van der Waals surface area contributed by atoms with Crippen LogP contribution in [-0.4, -0.2) is 23.1 Å². The Morgan fingerprint density at radius 3 is 2.80 bits per heavy atom. The van der Waals surface area contributed by atoms with Gasteiger partial charge in [0.2, 0.25) is 0 Å². The second-order valence-corrected chi connectivity index (χ2v) is 6.47. The molecule has 0 radical (unpaired) electrons. The van der Waals surface area contributed by atoms with Crippen LogP contribution in [0, 0.1) is 0 Å². The first kappa shape index (κ1) is 12.2. The van der Waals surface area contributed by atoms with Crippen LogP contribution in [0.15, 0.2) is 24.3 Å². The molecule has 1 aliphatic carbocycles. The zero-order chi connectivity index (χ0) is 13.6. The minimum atomic E-state index is -0.180. The predicted octanol–water partition coefficient (Wildman–Crippen LogP) is 3.83. The van der Waals surface area contributed by atoms with Gasteiger partial charge in [0.1, 0.15) is 5.60 Å². The van der Waals surface area contributed by atoms with E-state index in [9.17, 15) is 4.79 Å². The number of ether oxygens (including phenoxy) is 1. The molecule has 1 aromatic rings. The van der Waals surface area contributed by atoms with Gasteiger partial charge in [-0.1, -0.05) is 30.7 Å². The van der Waals surface area contributed by atoms with E-state index in [0.29, 0.717) is 0 Å². The van der Waals surface area contributed by atoms with E-state index < -0.39 is 0 Å². The highest BCUT2D eigenvalue weighted by Crippen LogP contribution is 2.46. The Morgan fingerprint density at radius 2 is 1.95 bits per heavy atom. The molecule has 2 aliphatic heterocycles. The Balaban J connectivity index is 1.70. The quantitative estimate of drug-likeness (QED) is 0.717. The fraction of sp³-hybridized carbons (Fsp3) is 0.588. The molecule has 0 aromatic heterocycles. The lowest BCUT2D eigenvalue weighted by Crippen LogP contribution is -2.53. The van der Waals surface area contributed by atoms with Crippen molar-refractivity contribution in [3.8, 4) is 0 Å². The molecule has 3 heteroatoms. The maximum absolute atomic E-state index is 12.4. The minimum Gasteiger partial charge on any atom is -0.443 e. The summed E-state index contributed by atoms with van der Waals surface area (Å²) in [6, 6.07) is 8.84. The van der Waals surface area contributed by atoms with Gasteiger partial charge in [0.05, 0.1) is 6.04 Å². The second kappa shape index (κ2) is 4.51. The summed E-state index contributed by atoms with van der Waals surface area (Å²) < 4.78 is 5.89. The summed E-state index contributed by atoms with van der Waals surface area (Å²) in [5.74, 6) is 0. The number of hydrogen-bond donors (Lipinski definition) is 0. The Hall–Kier alpha value is -1.51. The summed E-state index contributed by atoms with van der Waals surface area (Å²) in [6.45, 7) is 0.802. The van der Waals surface area contributed by atoms with Crippen molar-refractivity contribution in [2.24, 2.45) is 0 Å². The summed E-state index contributed by atoms with van der Waals surface area (Å²) in [7, 11) is 0. The highest BCUT2D eigenvalue weighted by atomic mass is 16.6. The zero-order valence-corrected chi connectivity index (χ0v) is 11.8. The van der Waals surface area contributed by atoms with Crippen LogP contribution < -0.4 is 0 Å². The van der Waals surface area contributed by atoms with E-state index in [2.05, 4.69) is 24.3 Å². The Morgan fingerprint density at radius 1 is 1.15 bits per heavy atom. The average molecular weight is 271 g/mol. The summed E-state index contributed by atoms with van der Waals surface area (Å²) in [6.07, 6.45) is 7.62. The molecule has 1 saturated heterocycles. The minimum absolute atomic E-state index is 0.0855. The van der Waals surface area contributed by atoms with E-state index >= 15 is 0 Å². The van der Waals surface area contributed by atoms with Gasteiger partial charge in [0.15, 0.2) is 0 Å². The Labute approximate surface area is 119 Å². The van der Waals surface area contributed by atoms with Crippen LogP contribution in [0.3, 0.4) is 0 Å². The lowest BCUT2D eigenvalue weighted by molar-refractivity contribution is -0.0908. The van der Waals surface area contributed by atoms with E-state index in [1.807, 2.05) is 4.90 Å². The van der Waals surface area contributed by atoms with Gasteiger partial charge in [0.25, 0.3) is 0 Å². The number of benzene rings is 1. The molecule has 1 atom stereocenters. The smallest absolute Gasteiger partial charge is 0.410 e. The van der Waals surface area contributed by atoms with Gasteiger partial charge in [-0.2, -0.15) is 0 Å². The third-order valence-electron chi connectivity index (χ3n) is 5.28. The van der Waals surface area contributed by atoms with E-state index in [-0.39, 0.29) is 17.7 Å². The van der Waals surface area contributed by atoms with Gasteiger partial charge >= 0.3 is 6.09 Å². The molecular formula is C17H21NO2. The topological polar surface area (TPSA) is 29.5 Å². The molecule has 1 spiro atoms. The summed E-state index contributed by atoms with van der Waals surface area (Å²) in [5.41, 5.74) is 2.58. The summed E-state index contributed by atoms with van der Waals surface area (Å²) >= 11 is 0. The van der Waals surface area contributed by atoms with Crippen molar-refractivity contribution in [1.29, 1.82) is 0 Å². The molecule has 1 unspecified atom stereocenters. The van der Waals surface area contributed by atoms with Crippen LogP contribution >= 0.6 is 0 Å². The molecule has 0 N–H and O–H groups in total. The zero-order valence-electron chi connectivity index (χ0n) is 11.8. The highest BCUT2D eigenvalue weighted by molar-refractivity contribution is 5.71. The van der Waals surface area contributed by atoms with Crippen LogP contribution in [-0.2, 0) is 11.2 Å². The molecule has 1 saturated carbocycles. The molecule has 1 amide bonds. The first-order chi connectivity index (χ1) is 9.77. The van der Waals surface area contributed by atoms with E-state index in [1.165, 1.54) is 30.4 Å². The van der Waals surface area contributed by atoms with Crippen molar-refractivity contribution in [2.75, 3.05) is 6.54 Å². The number of carbonyl (C=O) groups is 1. The third kappa shape index (κ3) is 1.83. The van der Waals surface area contributed by atoms with Gasteiger partial charge in [-0.3, -0.25) is 0 Å². The number of carbonyl (C=O) groups excluding carboxylic acids is 1. The molecule has 20 heavy (non-hydrogen) atoms. The number of rotatable bonds is 0. The normalized spacial score (nSPS) is 27.7. The van der Waals surface area contributed by atoms with Gasteiger partial charge in [0, 0.05) is 13.0 Å². The van der Waals surface area contributed by atoms with Crippen LogP contribution in [0.1, 0.15) is 55.7 Å². The van der Waals surface area contributed by atoms with Crippen molar-refractivity contribution in [3.63, 3.8) is 0 Å². The van der Waals surface area contributed by atoms with Crippen molar-refractivity contribution in [3.05, 3.63) is 35.4 Å². The van der Waals surface area contributed by atoms with Gasteiger partial charge in [-0.25, -0.2) is 4.79 Å². The summed E-state index contributed by atoms with van der Waals surface area (Å²) in [5, 5.41) is 0. The Kier molecular flexibility index (Phi) is 2.76. The predicted molar refractivity (Wildman–Crippen MR) is 76.5 cm³/mol. The molecule has 2 heterocycles. The second-order valence-electron chi connectivity index (χ2n) is 6.47. The molecule has 4 rings (SSSR count). The number of nitrogens with zero attached hydrogens (tertiary/aromatic N) is 1. The third-order valence-corrected chi connectivity index (χ3v) is 5.28. The number of hydrogen-bond acceptors (Lipinski definition) is 2. The van der Waals surface area contributed by atoms with Crippen LogP contribution in [0.25, 0.3) is 0 Å². The summed E-state index contributed by atoms with van der Waals surface area (Å²) in [4.78, 5) is 14.4. The Bertz CT molecular complexity index is 534. The first-order valence-electron chi connectivity index (χ1n) is 7.85. The van der Waals surface area contributed by atoms with Crippen LogP contribution in [0.4, 0.5) is 4.79 Å². The van der Waals surface area contributed by atoms with E-state index in [4.69, 9.17) is 4.74 Å². The first-order valence-corrected chi connectivity index (χ1v) is 7.85. The van der Waals surface area contributed by atoms with Crippen LogP contribution in [0.5, 0.6) is 0 Å². The van der Waals surface area contributed by atoms with Crippen molar-refractivity contribution in [1.82, 2.24) is 4.90 Å². The largest absolute Gasteiger partial charge is 0.443 e. The molecule has 1 aromatic carbocycles. The lowest BCUT2D eigenvalue weighted by Gasteiger charge is -2.49. The van der Waals surface area contributed by atoms with E-state index in [0.717, 1.165) is 32.2 Å².